The van der Waals surface area contributed by atoms with Gasteiger partial charge in [0.2, 0.25) is 0 Å². The highest BCUT2D eigenvalue weighted by molar-refractivity contribution is 7.26. The molecule has 0 atom stereocenters. The van der Waals surface area contributed by atoms with Gasteiger partial charge in [0.1, 0.15) is 0 Å². The summed E-state index contributed by atoms with van der Waals surface area (Å²) in [4.78, 5) is -0.562. The first-order chi connectivity index (χ1) is 15.3. The molecule has 0 saturated heterocycles. The van der Waals surface area contributed by atoms with E-state index in [0.717, 1.165) is 22.3 Å². The molecule has 0 radical (unpaired) electrons. The summed E-state index contributed by atoms with van der Waals surface area (Å²) in [5.74, 6) is -37.0. The molecular weight excluding hydrogens is 559 g/mol. The van der Waals surface area contributed by atoms with Gasteiger partial charge in [0, 0.05) is 19.5 Å². The number of alkyl halides is 13. The third-order valence-electron chi connectivity index (χ3n) is 4.46. The lowest BCUT2D eigenvalue weighted by atomic mass is 9.93. The van der Waals surface area contributed by atoms with Gasteiger partial charge in [-0.15, -0.1) is 34.0 Å². The van der Waals surface area contributed by atoms with Crippen molar-refractivity contribution in [2.24, 2.45) is 0 Å². The zero-order chi connectivity index (χ0) is 26.0. The smallest absolute Gasteiger partial charge is 0.193 e. The number of thiophene rings is 3. The lowest BCUT2D eigenvalue weighted by molar-refractivity contribution is -0.441. The molecule has 0 aliphatic rings. The number of rotatable bonds is 7. The Morgan fingerprint density at radius 1 is 0.471 bits per heavy atom. The van der Waals surface area contributed by atoms with Crippen LogP contribution in [0.1, 0.15) is 4.88 Å². The summed E-state index contributed by atoms with van der Waals surface area (Å²) in [5, 5.41) is 1.72. The normalized spacial score (nSPS) is 14.6. The third-order valence-corrected chi connectivity index (χ3v) is 7.96. The van der Waals surface area contributed by atoms with Gasteiger partial charge in [0.15, 0.2) is 0 Å². The summed E-state index contributed by atoms with van der Waals surface area (Å²) in [7, 11) is 0. The van der Waals surface area contributed by atoms with Crippen LogP contribution in [0, 0.1) is 0 Å². The molecule has 0 N–H and O–H groups in total. The van der Waals surface area contributed by atoms with E-state index in [-0.39, 0.29) is 27.2 Å². The maximum atomic E-state index is 14.3. The average molecular weight is 566 g/mol. The Bertz CT molecular complexity index is 1140. The molecule has 0 amide bonds. The topological polar surface area (TPSA) is 0 Å². The number of hydrogen-bond acceptors (Lipinski definition) is 3. The van der Waals surface area contributed by atoms with Crippen LogP contribution in [-0.2, 0) is 5.92 Å². The number of hydrogen-bond donors (Lipinski definition) is 0. The Hall–Kier alpha value is -1.81. The van der Waals surface area contributed by atoms with Gasteiger partial charge in [-0.2, -0.15) is 57.1 Å². The van der Waals surface area contributed by atoms with Gasteiger partial charge in [-0.25, -0.2) is 0 Å². The van der Waals surface area contributed by atoms with E-state index in [1.165, 1.54) is 23.5 Å². The van der Waals surface area contributed by atoms with Gasteiger partial charge in [-0.05, 0) is 35.7 Å². The molecule has 188 valence electrons. The summed E-state index contributed by atoms with van der Waals surface area (Å²) in [6.07, 6.45) is -7.43. The van der Waals surface area contributed by atoms with Crippen molar-refractivity contribution >= 4 is 34.0 Å². The fourth-order valence-electron chi connectivity index (χ4n) is 2.58. The maximum Gasteiger partial charge on any atom is 0.460 e. The van der Waals surface area contributed by atoms with E-state index in [9.17, 15) is 57.1 Å². The Kier molecular flexibility index (Phi) is 6.39. The van der Waals surface area contributed by atoms with Crippen LogP contribution in [0.5, 0.6) is 0 Å². The van der Waals surface area contributed by atoms with E-state index in [1.54, 1.807) is 17.5 Å². The van der Waals surface area contributed by atoms with Gasteiger partial charge in [-0.3, -0.25) is 0 Å². The molecule has 0 bridgehead atoms. The van der Waals surface area contributed by atoms with Crippen molar-refractivity contribution in [2.45, 2.75) is 35.8 Å². The van der Waals surface area contributed by atoms with Crippen LogP contribution in [-0.4, -0.2) is 29.9 Å². The molecule has 0 aromatic carbocycles. The molecule has 16 heteroatoms. The average Bonchev–Trinajstić information content (AvgIpc) is 3.46. The zero-order valence-corrected chi connectivity index (χ0v) is 18.1. The second kappa shape index (κ2) is 8.11. The highest BCUT2D eigenvalue weighted by Crippen LogP contribution is 2.62. The zero-order valence-electron chi connectivity index (χ0n) is 15.7. The van der Waals surface area contributed by atoms with Crippen molar-refractivity contribution in [3.63, 3.8) is 0 Å². The monoisotopic (exact) mass is 566 g/mol. The first kappa shape index (κ1) is 26.8. The minimum atomic E-state index is -7.91. The number of halogens is 13. The van der Waals surface area contributed by atoms with Crippen LogP contribution in [0.25, 0.3) is 19.5 Å². The largest absolute Gasteiger partial charge is 0.460 e. The van der Waals surface area contributed by atoms with Gasteiger partial charge in [0.05, 0.1) is 4.88 Å². The molecule has 0 unspecified atom stereocenters. The van der Waals surface area contributed by atoms with Crippen molar-refractivity contribution in [3.05, 3.63) is 46.7 Å². The molecule has 3 rings (SSSR count). The fourth-order valence-corrected chi connectivity index (χ4v) is 5.53. The Morgan fingerprint density at radius 3 is 1.44 bits per heavy atom. The quantitative estimate of drug-likeness (QED) is 0.250. The van der Waals surface area contributed by atoms with Crippen LogP contribution < -0.4 is 0 Å². The third kappa shape index (κ3) is 3.81. The summed E-state index contributed by atoms with van der Waals surface area (Å²) in [6, 6.07) is 7.25. The van der Waals surface area contributed by atoms with Crippen molar-refractivity contribution in [2.75, 3.05) is 0 Å². The van der Waals surface area contributed by atoms with Gasteiger partial charge in [0.25, 0.3) is 0 Å². The molecule has 3 heterocycles. The van der Waals surface area contributed by atoms with E-state index < -0.39 is 40.7 Å². The predicted molar refractivity (Wildman–Crippen MR) is 101 cm³/mol. The SMILES string of the molecule is FC(F)(F)C(F)(F)C(F)(F)C(F)(F)C(F)(F)C(F)(F)c1ccc(-c2ccc(-c3cccs3)s2)s1. The fraction of sp³-hybridized carbons (Fsp3) is 0.333. The molecule has 0 nitrogen and oxygen atoms in total. The second-order valence-corrected chi connectivity index (χ2v) is 9.79. The van der Waals surface area contributed by atoms with Crippen LogP contribution >= 0.6 is 34.0 Å². The molecule has 3 aromatic heterocycles. The van der Waals surface area contributed by atoms with E-state index >= 15 is 0 Å². The Labute approximate surface area is 193 Å². The molecule has 34 heavy (non-hydrogen) atoms. The highest BCUT2D eigenvalue weighted by atomic mass is 32.1. The van der Waals surface area contributed by atoms with E-state index in [1.807, 2.05) is 0 Å². The van der Waals surface area contributed by atoms with Crippen molar-refractivity contribution in [1.29, 1.82) is 0 Å². The lowest BCUT2D eigenvalue weighted by Crippen LogP contribution is -2.69. The Balaban J connectivity index is 1.99. The van der Waals surface area contributed by atoms with Crippen molar-refractivity contribution < 1.29 is 57.1 Å². The van der Waals surface area contributed by atoms with Crippen LogP contribution in [0.3, 0.4) is 0 Å². The highest BCUT2D eigenvalue weighted by Gasteiger charge is 2.91. The Morgan fingerprint density at radius 2 is 0.941 bits per heavy atom. The van der Waals surface area contributed by atoms with Gasteiger partial charge in [-0.1, -0.05) is 6.07 Å². The first-order valence-corrected chi connectivity index (χ1v) is 11.0. The van der Waals surface area contributed by atoms with Crippen LogP contribution in [0.2, 0.25) is 0 Å². The lowest BCUT2D eigenvalue weighted by Gasteiger charge is -2.39. The maximum absolute atomic E-state index is 14.3. The molecule has 0 aliphatic carbocycles. The summed E-state index contributed by atoms with van der Waals surface area (Å²) in [6.45, 7) is 0. The van der Waals surface area contributed by atoms with E-state index in [0.29, 0.717) is 4.88 Å². The van der Waals surface area contributed by atoms with Crippen LogP contribution in [0.4, 0.5) is 57.1 Å². The van der Waals surface area contributed by atoms with E-state index in [4.69, 9.17) is 0 Å². The van der Waals surface area contributed by atoms with Crippen molar-refractivity contribution in [1.82, 2.24) is 0 Å². The molecule has 0 fully saturated rings. The van der Waals surface area contributed by atoms with Gasteiger partial charge < -0.3 is 0 Å². The summed E-state index contributed by atoms with van der Waals surface area (Å²) in [5.41, 5.74) is 0. The predicted octanol–water partition coefficient (Wildman–Crippen LogP) is 9.40. The second-order valence-electron chi connectivity index (χ2n) is 6.67. The molecule has 0 aliphatic heterocycles. The standard InChI is InChI=1S/C18H7F13S3/c19-13(20,14(21,22)15(23,24)16(25,26)17(27,28)18(29,30)31)12-6-5-11(34-12)10-4-3-9(33-10)8-2-1-7-32-8/h1-7H. The van der Waals surface area contributed by atoms with E-state index in [2.05, 4.69) is 0 Å². The first-order valence-electron chi connectivity index (χ1n) is 8.49. The molecule has 0 spiro atoms. The molecule has 0 saturated carbocycles. The minimum absolute atomic E-state index is 0.175. The summed E-state index contributed by atoms with van der Waals surface area (Å²) >= 11 is 2.06. The molecule has 3 aromatic rings. The van der Waals surface area contributed by atoms with Crippen molar-refractivity contribution in [3.8, 4) is 19.5 Å². The van der Waals surface area contributed by atoms with Gasteiger partial charge >= 0.3 is 35.8 Å². The molecular formula is C18H7F13S3. The van der Waals surface area contributed by atoms with Crippen LogP contribution in [0.15, 0.2) is 41.8 Å². The summed E-state index contributed by atoms with van der Waals surface area (Å²) < 4.78 is 173. The minimum Gasteiger partial charge on any atom is -0.193 e.